The lowest BCUT2D eigenvalue weighted by atomic mass is 9.69. The highest BCUT2D eigenvalue weighted by Gasteiger charge is 2.68. The summed E-state index contributed by atoms with van der Waals surface area (Å²) in [5, 5.41) is 0. The number of carbonyl (C=O) groups excluding carboxylic acids is 3. The van der Waals surface area contributed by atoms with Gasteiger partial charge in [0.25, 0.3) is 0 Å². The first-order valence-corrected chi connectivity index (χ1v) is 7.55. The van der Waals surface area contributed by atoms with E-state index in [1.165, 1.54) is 0 Å². The van der Waals surface area contributed by atoms with Crippen molar-refractivity contribution in [3.05, 3.63) is 12.2 Å². The van der Waals surface area contributed by atoms with Crippen LogP contribution in [0.4, 0.5) is 0 Å². The van der Waals surface area contributed by atoms with Crippen molar-refractivity contribution in [3.63, 3.8) is 0 Å². The van der Waals surface area contributed by atoms with E-state index >= 15 is 0 Å². The van der Waals surface area contributed by atoms with Gasteiger partial charge in [0.1, 0.15) is 11.6 Å². The molecule has 0 N–H and O–H groups in total. The number of hydrogen-bond donors (Lipinski definition) is 0. The summed E-state index contributed by atoms with van der Waals surface area (Å²) < 4.78 is 5.01. The minimum absolute atomic E-state index is 0.00771. The van der Waals surface area contributed by atoms with E-state index in [9.17, 15) is 14.4 Å². The van der Waals surface area contributed by atoms with E-state index in [4.69, 9.17) is 4.74 Å². The van der Waals surface area contributed by atoms with Crippen LogP contribution in [0, 0.1) is 41.4 Å². The number of esters is 1. The van der Waals surface area contributed by atoms with Crippen molar-refractivity contribution < 1.29 is 19.1 Å². The minimum Gasteiger partial charge on any atom is -0.466 e. The molecule has 0 aromatic carbocycles. The largest absolute Gasteiger partial charge is 0.466 e. The van der Waals surface area contributed by atoms with Crippen molar-refractivity contribution in [2.24, 2.45) is 41.4 Å². The Morgan fingerprint density at radius 1 is 1.20 bits per heavy atom. The third kappa shape index (κ3) is 1.34. The Balaban J connectivity index is 1.59. The molecule has 0 amide bonds. The molecular formula is C16H18O4. The molecule has 4 rings (SSSR count). The Morgan fingerprint density at radius 2 is 1.90 bits per heavy atom. The van der Waals surface area contributed by atoms with Gasteiger partial charge in [-0.05, 0) is 31.1 Å². The van der Waals surface area contributed by atoms with Crippen LogP contribution < -0.4 is 0 Å². The number of ether oxygens (including phenoxy) is 1. The van der Waals surface area contributed by atoms with Gasteiger partial charge >= 0.3 is 5.97 Å². The summed E-state index contributed by atoms with van der Waals surface area (Å²) in [6.45, 7) is 2.17. The summed E-state index contributed by atoms with van der Waals surface area (Å²) >= 11 is 0. The molecule has 7 atom stereocenters. The summed E-state index contributed by atoms with van der Waals surface area (Å²) in [7, 11) is 0. The van der Waals surface area contributed by atoms with Crippen molar-refractivity contribution >= 4 is 17.5 Å². The van der Waals surface area contributed by atoms with Gasteiger partial charge in [0.2, 0.25) is 0 Å². The van der Waals surface area contributed by atoms with Crippen LogP contribution in [0.3, 0.4) is 0 Å². The fourth-order valence-electron chi connectivity index (χ4n) is 5.31. The zero-order valence-corrected chi connectivity index (χ0v) is 11.5. The number of Topliss-reactive ketones (excluding diaryl/α,β-unsaturated/α-hetero) is 2. The first kappa shape index (κ1) is 12.3. The molecule has 4 bridgehead atoms. The van der Waals surface area contributed by atoms with E-state index in [-0.39, 0.29) is 47.4 Å². The van der Waals surface area contributed by atoms with Gasteiger partial charge in [-0.3, -0.25) is 14.4 Å². The number of ketones is 2. The summed E-state index contributed by atoms with van der Waals surface area (Å²) in [5.74, 6) is 0.734. The Labute approximate surface area is 117 Å². The fraction of sp³-hybridized carbons (Fsp3) is 0.688. The average Bonchev–Trinajstić information content (AvgIpc) is 3.08. The van der Waals surface area contributed by atoms with E-state index in [0.29, 0.717) is 24.6 Å². The van der Waals surface area contributed by atoms with E-state index < -0.39 is 0 Å². The molecule has 106 valence electrons. The molecule has 0 aromatic rings. The number of rotatable bonds is 3. The number of allylic oxidation sites excluding steroid dienone is 2. The van der Waals surface area contributed by atoms with Gasteiger partial charge in [-0.2, -0.15) is 0 Å². The molecule has 0 spiro atoms. The third-order valence-corrected chi connectivity index (χ3v) is 5.83. The molecule has 20 heavy (non-hydrogen) atoms. The van der Waals surface area contributed by atoms with Gasteiger partial charge in [0.05, 0.1) is 6.61 Å². The highest BCUT2D eigenvalue weighted by atomic mass is 16.5. The number of fused-ring (bicyclic) bond motifs is 9. The van der Waals surface area contributed by atoms with Crippen LogP contribution in [-0.2, 0) is 19.1 Å². The summed E-state index contributed by atoms with van der Waals surface area (Å²) in [5.41, 5.74) is 0. The predicted molar refractivity (Wildman–Crippen MR) is 69.5 cm³/mol. The maximum Gasteiger partial charge on any atom is 0.306 e. The molecular weight excluding hydrogens is 256 g/mol. The summed E-state index contributed by atoms with van der Waals surface area (Å²) in [6, 6.07) is 0. The zero-order chi connectivity index (χ0) is 14.0. The molecule has 4 aliphatic carbocycles. The molecule has 7 unspecified atom stereocenters. The van der Waals surface area contributed by atoms with E-state index in [1.54, 1.807) is 6.92 Å². The van der Waals surface area contributed by atoms with Crippen LogP contribution in [0.25, 0.3) is 0 Å². The van der Waals surface area contributed by atoms with E-state index in [0.717, 1.165) is 6.42 Å². The van der Waals surface area contributed by atoms with Crippen molar-refractivity contribution in [1.29, 1.82) is 0 Å². The topological polar surface area (TPSA) is 60.4 Å². The van der Waals surface area contributed by atoms with Crippen molar-refractivity contribution in [3.8, 4) is 0 Å². The van der Waals surface area contributed by atoms with Crippen molar-refractivity contribution in [2.45, 2.75) is 19.8 Å². The lowest BCUT2D eigenvalue weighted by molar-refractivity contribution is -0.145. The smallest absolute Gasteiger partial charge is 0.306 e. The van der Waals surface area contributed by atoms with Crippen LogP contribution in [0.15, 0.2) is 12.2 Å². The second-order valence-electron chi connectivity index (χ2n) is 6.53. The maximum absolute atomic E-state index is 12.5. The second-order valence-corrected chi connectivity index (χ2v) is 6.53. The lowest BCUT2D eigenvalue weighted by Crippen LogP contribution is -2.32. The highest BCUT2D eigenvalue weighted by molar-refractivity contribution is 5.99. The standard InChI is InChI=1S/C16H18O4/c1-2-20-11(17)6-7-5-10-13-8-3-4-9(15(8)18)14(13)12(7)16(10)19/h3-4,7-10,12-14H,2,5-6H2,1H3. The van der Waals surface area contributed by atoms with E-state index in [2.05, 4.69) is 0 Å². The second kappa shape index (κ2) is 4.03. The summed E-state index contributed by atoms with van der Waals surface area (Å²) in [6.07, 6.45) is 5.10. The van der Waals surface area contributed by atoms with Crippen LogP contribution in [-0.4, -0.2) is 24.1 Å². The van der Waals surface area contributed by atoms with E-state index in [1.807, 2.05) is 12.2 Å². The van der Waals surface area contributed by atoms with Crippen LogP contribution in [0.2, 0.25) is 0 Å². The monoisotopic (exact) mass is 274 g/mol. The highest BCUT2D eigenvalue weighted by Crippen LogP contribution is 2.64. The molecule has 0 saturated heterocycles. The zero-order valence-electron chi connectivity index (χ0n) is 11.5. The van der Waals surface area contributed by atoms with Gasteiger partial charge in [0.15, 0.2) is 0 Å². The SMILES string of the molecule is CCOC(=O)CC1CC2C(=O)C1C1C3C=CC(C3=O)C21. The predicted octanol–water partition coefficient (Wildman–Crippen LogP) is 1.39. The van der Waals surface area contributed by atoms with Crippen LogP contribution in [0.1, 0.15) is 19.8 Å². The third-order valence-electron chi connectivity index (χ3n) is 5.83. The lowest BCUT2D eigenvalue weighted by Gasteiger charge is -2.33. The van der Waals surface area contributed by atoms with Gasteiger partial charge in [-0.15, -0.1) is 0 Å². The maximum atomic E-state index is 12.5. The molecule has 0 aliphatic heterocycles. The Hall–Kier alpha value is -1.45. The van der Waals surface area contributed by atoms with Crippen molar-refractivity contribution in [2.75, 3.05) is 6.61 Å². The fourth-order valence-corrected chi connectivity index (χ4v) is 5.31. The summed E-state index contributed by atoms with van der Waals surface area (Å²) in [4.78, 5) is 36.3. The van der Waals surface area contributed by atoms with Gasteiger partial charge in [-0.25, -0.2) is 0 Å². The minimum atomic E-state index is -0.209. The molecule has 0 heterocycles. The Kier molecular flexibility index (Phi) is 2.48. The Bertz CT molecular complexity index is 535. The van der Waals surface area contributed by atoms with Crippen LogP contribution in [0.5, 0.6) is 0 Å². The van der Waals surface area contributed by atoms with Gasteiger partial charge in [0, 0.05) is 30.1 Å². The van der Waals surface area contributed by atoms with Crippen molar-refractivity contribution in [1.82, 2.24) is 0 Å². The Morgan fingerprint density at radius 3 is 2.60 bits per heavy atom. The molecule has 4 heteroatoms. The molecule has 0 radical (unpaired) electrons. The quantitative estimate of drug-likeness (QED) is 0.443. The number of hydrogen-bond acceptors (Lipinski definition) is 4. The molecule has 3 saturated carbocycles. The van der Waals surface area contributed by atoms with Gasteiger partial charge < -0.3 is 4.74 Å². The first-order chi connectivity index (χ1) is 9.63. The van der Waals surface area contributed by atoms with Crippen LogP contribution >= 0.6 is 0 Å². The normalized spacial score (nSPS) is 47.1. The molecule has 4 nitrogen and oxygen atoms in total. The molecule has 4 aliphatic rings. The average molecular weight is 274 g/mol. The number of carbonyl (C=O) groups is 3. The first-order valence-electron chi connectivity index (χ1n) is 7.55. The molecule has 0 aromatic heterocycles. The van der Waals surface area contributed by atoms with Gasteiger partial charge in [-0.1, -0.05) is 12.2 Å². The molecule has 3 fully saturated rings.